The van der Waals surface area contributed by atoms with E-state index in [4.69, 9.17) is 0 Å². The first-order valence-corrected chi connectivity index (χ1v) is 6.50. The molecule has 0 fully saturated rings. The topological polar surface area (TPSA) is 46.9 Å². The molecule has 0 aliphatic rings. The molecule has 1 aromatic carbocycles. The Morgan fingerprint density at radius 1 is 1.32 bits per heavy atom. The van der Waals surface area contributed by atoms with Gasteiger partial charge in [0.05, 0.1) is 0 Å². The summed E-state index contributed by atoms with van der Waals surface area (Å²) in [6.07, 6.45) is 4.55. The molecule has 0 saturated heterocycles. The van der Waals surface area contributed by atoms with E-state index in [0.29, 0.717) is 6.54 Å². The van der Waals surface area contributed by atoms with E-state index < -0.39 is 0 Å². The van der Waals surface area contributed by atoms with E-state index in [1.165, 1.54) is 5.56 Å². The highest BCUT2D eigenvalue weighted by atomic mass is 16.1. The van der Waals surface area contributed by atoms with Crippen molar-refractivity contribution in [2.24, 2.45) is 0 Å². The monoisotopic (exact) mass is 257 g/mol. The second kappa shape index (κ2) is 6.18. The fraction of sp³-hybridized carbons (Fsp3) is 0.333. The Hall–Kier alpha value is -2.10. The Labute approximate surface area is 113 Å². The van der Waals surface area contributed by atoms with Crippen LogP contribution in [0.2, 0.25) is 0 Å². The highest BCUT2D eigenvalue weighted by molar-refractivity contribution is 5.94. The number of carbonyl (C=O) groups is 1. The van der Waals surface area contributed by atoms with Crippen LogP contribution >= 0.6 is 0 Å². The maximum atomic E-state index is 11.9. The SMILES string of the molecule is Cc1ccc(C(=O)NCCCn2cccn2)cc1C. The van der Waals surface area contributed by atoms with Crippen LogP contribution in [0.3, 0.4) is 0 Å². The fourth-order valence-electron chi connectivity index (χ4n) is 1.86. The van der Waals surface area contributed by atoms with Gasteiger partial charge in [0.15, 0.2) is 0 Å². The lowest BCUT2D eigenvalue weighted by Gasteiger charge is -2.07. The van der Waals surface area contributed by atoms with Gasteiger partial charge in [0.1, 0.15) is 0 Å². The van der Waals surface area contributed by atoms with E-state index in [2.05, 4.69) is 10.4 Å². The van der Waals surface area contributed by atoms with E-state index in [1.54, 1.807) is 6.20 Å². The summed E-state index contributed by atoms with van der Waals surface area (Å²) >= 11 is 0. The van der Waals surface area contributed by atoms with Crippen LogP contribution in [0.1, 0.15) is 27.9 Å². The Bertz CT molecular complexity index is 547. The number of rotatable bonds is 5. The summed E-state index contributed by atoms with van der Waals surface area (Å²) in [4.78, 5) is 11.9. The lowest BCUT2D eigenvalue weighted by atomic mass is 10.1. The summed E-state index contributed by atoms with van der Waals surface area (Å²) in [6, 6.07) is 7.67. The summed E-state index contributed by atoms with van der Waals surface area (Å²) < 4.78 is 1.86. The average molecular weight is 257 g/mol. The second-order valence-electron chi connectivity index (χ2n) is 4.68. The van der Waals surface area contributed by atoms with E-state index >= 15 is 0 Å². The van der Waals surface area contributed by atoms with Gasteiger partial charge in [-0.1, -0.05) is 6.07 Å². The predicted molar refractivity (Wildman–Crippen MR) is 75.1 cm³/mol. The molecule has 19 heavy (non-hydrogen) atoms. The Kier molecular flexibility index (Phi) is 4.34. The van der Waals surface area contributed by atoms with E-state index in [0.717, 1.165) is 24.1 Å². The van der Waals surface area contributed by atoms with Crippen LogP contribution in [0.25, 0.3) is 0 Å². The van der Waals surface area contributed by atoms with Gasteiger partial charge in [-0.3, -0.25) is 9.48 Å². The Morgan fingerprint density at radius 2 is 2.16 bits per heavy atom. The van der Waals surface area contributed by atoms with Crippen LogP contribution in [-0.2, 0) is 6.54 Å². The normalized spacial score (nSPS) is 10.4. The molecule has 1 amide bonds. The summed E-state index contributed by atoms with van der Waals surface area (Å²) in [5.41, 5.74) is 3.07. The number of nitrogens with one attached hydrogen (secondary N) is 1. The zero-order chi connectivity index (χ0) is 13.7. The van der Waals surface area contributed by atoms with E-state index in [9.17, 15) is 4.79 Å². The maximum absolute atomic E-state index is 11.9. The minimum absolute atomic E-state index is 0.0106. The van der Waals surface area contributed by atoms with Crippen LogP contribution < -0.4 is 5.32 Å². The molecular weight excluding hydrogens is 238 g/mol. The molecule has 1 heterocycles. The third kappa shape index (κ3) is 3.68. The molecule has 100 valence electrons. The summed E-state index contributed by atoms with van der Waals surface area (Å²) in [5, 5.41) is 7.04. The molecular formula is C15H19N3O. The standard InChI is InChI=1S/C15H19N3O/c1-12-5-6-14(11-13(12)2)15(19)16-7-3-9-18-10-4-8-17-18/h4-6,8,10-11H,3,7,9H2,1-2H3,(H,16,19). The first-order chi connectivity index (χ1) is 9.16. The molecule has 0 atom stereocenters. The van der Waals surface area contributed by atoms with E-state index in [1.807, 2.05) is 49.0 Å². The smallest absolute Gasteiger partial charge is 0.251 e. The first kappa shape index (κ1) is 13.3. The molecule has 0 spiro atoms. The third-order valence-electron chi connectivity index (χ3n) is 3.18. The van der Waals surface area contributed by atoms with Gasteiger partial charge in [0.25, 0.3) is 5.91 Å². The van der Waals surface area contributed by atoms with E-state index in [-0.39, 0.29) is 5.91 Å². The molecule has 1 aromatic heterocycles. The van der Waals surface area contributed by atoms with Gasteiger partial charge in [-0.15, -0.1) is 0 Å². The summed E-state index contributed by atoms with van der Waals surface area (Å²) in [5.74, 6) is -0.0106. The number of amides is 1. The predicted octanol–water partition coefficient (Wildman–Crippen LogP) is 2.32. The minimum atomic E-state index is -0.0106. The number of benzene rings is 1. The van der Waals surface area contributed by atoms with Crippen LogP contribution in [0.4, 0.5) is 0 Å². The van der Waals surface area contributed by atoms with Gasteiger partial charge >= 0.3 is 0 Å². The number of nitrogens with zero attached hydrogens (tertiary/aromatic N) is 2. The molecule has 4 nitrogen and oxygen atoms in total. The van der Waals surface area contributed by atoms with Crippen LogP contribution in [0.5, 0.6) is 0 Å². The van der Waals surface area contributed by atoms with Crippen molar-refractivity contribution >= 4 is 5.91 Å². The molecule has 2 rings (SSSR count). The number of aryl methyl sites for hydroxylation is 3. The van der Waals surface area contributed by atoms with Gasteiger partial charge in [-0.25, -0.2) is 0 Å². The van der Waals surface area contributed by atoms with Gasteiger partial charge in [0.2, 0.25) is 0 Å². The van der Waals surface area contributed by atoms with Crippen LogP contribution in [0.15, 0.2) is 36.7 Å². The zero-order valence-electron chi connectivity index (χ0n) is 11.4. The van der Waals surface area contributed by atoms with Crippen LogP contribution in [-0.4, -0.2) is 22.2 Å². The zero-order valence-corrected chi connectivity index (χ0v) is 11.4. The fourth-order valence-corrected chi connectivity index (χ4v) is 1.86. The Balaban J connectivity index is 1.79. The van der Waals surface area contributed by atoms with Crippen molar-refractivity contribution in [1.29, 1.82) is 0 Å². The molecule has 0 aliphatic heterocycles. The van der Waals surface area contributed by atoms with Crippen molar-refractivity contribution in [3.8, 4) is 0 Å². The second-order valence-corrected chi connectivity index (χ2v) is 4.68. The largest absolute Gasteiger partial charge is 0.352 e. The van der Waals surface area contributed by atoms with Crippen molar-refractivity contribution < 1.29 is 4.79 Å². The maximum Gasteiger partial charge on any atom is 0.251 e. The molecule has 0 bridgehead atoms. The van der Waals surface area contributed by atoms with Gasteiger partial charge in [-0.2, -0.15) is 5.10 Å². The van der Waals surface area contributed by atoms with Gasteiger partial charge in [-0.05, 0) is 49.6 Å². The van der Waals surface area contributed by atoms with Crippen molar-refractivity contribution in [3.63, 3.8) is 0 Å². The number of aromatic nitrogens is 2. The molecule has 0 saturated carbocycles. The molecule has 2 aromatic rings. The molecule has 1 N–H and O–H groups in total. The molecule has 0 radical (unpaired) electrons. The molecule has 0 unspecified atom stereocenters. The van der Waals surface area contributed by atoms with Gasteiger partial charge < -0.3 is 5.32 Å². The number of hydrogen-bond donors (Lipinski definition) is 1. The van der Waals surface area contributed by atoms with Crippen LogP contribution in [0, 0.1) is 13.8 Å². The van der Waals surface area contributed by atoms with Crippen molar-refractivity contribution in [2.45, 2.75) is 26.8 Å². The van der Waals surface area contributed by atoms with Crippen molar-refractivity contribution in [3.05, 3.63) is 53.3 Å². The lowest BCUT2D eigenvalue weighted by molar-refractivity contribution is 0.0952. The third-order valence-corrected chi connectivity index (χ3v) is 3.18. The number of hydrogen-bond acceptors (Lipinski definition) is 2. The highest BCUT2D eigenvalue weighted by Crippen LogP contribution is 2.09. The first-order valence-electron chi connectivity index (χ1n) is 6.50. The highest BCUT2D eigenvalue weighted by Gasteiger charge is 2.05. The Morgan fingerprint density at radius 3 is 2.84 bits per heavy atom. The summed E-state index contributed by atoms with van der Waals surface area (Å²) in [7, 11) is 0. The number of carbonyl (C=O) groups excluding carboxylic acids is 1. The van der Waals surface area contributed by atoms with Gasteiger partial charge in [0, 0.05) is 31.0 Å². The average Bonchev–Trinajstić information content (AvgIpc) is 2.91. The molecule has 0 aliphatic carbocycles. The summed E-state index contributed by atoms with van der Waals surface area (Å²) in [6.45, 7) is 5.54. The van der Waals surface area contributed by atoms with Crippen molar-refractivity contribution in [2.75, 3.05) is 6.54 Å². The lowest BCUT2D eigenvalue weighted by Crippen LogP contribution is -2.25. The van der Waals surface area contributed by atoms with Crippen molar-refractivity contribution in [1.82, 2.24) is 15.1 Å². The quantitative estimate of drug-likeness (QED) is 0.836. The molecule has 4 heteroatoms. The minimum Gasteiger partial charge on any atom is -0.352 e.